The molecule has 7 heteroatoms. The standard InChI is InChI=1S/C16H19N3OS.2ClH/c1-12-14(16(20)19-8-2-6-17-7-9-19)3-4-15(18-12)13-5-10-21-11-13;;/h3-5,10-11,17H,2,6-9H2,1H3;2*1H. The molecule has 1 saturated heterocycles. The molecule has 3 rings (SSSR count). The van der Waals surface area contributed by atoms with Crippen LogP contribution in [0.2, 0.25) is 0 Å². The number of hydrogen-bond acceptors (Lipinski definition) is 4. The van der Waals surface area contributed by atoms with Crippen LogP contribution in [0.3, 0.4) is 0 Å². The zero-order valence-electron chi connectivity index (χ0n) is 12.9. The molecule has 0 aliphatic carbocycles. The maximum atomic E-state index is 12.6. The van der Waals surface area contributed by atoms with E-state index in [1.807, 2.05) is 29.3 Å². The van der Waals surface area contributed by atoms with Gasteiger partial charge in [-0.3, -0.25) is 9.78 Å². The van der Waals surface area contributed by atoms with Gasteiger partial charge in [-0.1, -0.05) is 0 Å². The Bertz CT molecular complexity index is 626. The summed E-state index contributed by atoms with van der Waals surface area (Å²) in [5, 5.41) is 7.43. The minimum absolute atomic E-state index is 0. The molecule has 1 N–H and O–H groups in total. The number of hydrogen-bond donors (Lipinski definition) is 1. The highest BCUT2D eigenvalue weighted by atomic mass is 35.5. The molecule has 0 aromatic carbocycles. The SMILES string of the molecule is Cc1nc(-c2ccsc2)ccc1C(=O)N1CCCNCC1.Cl.Cl. The van der Waals surface area contributed by atoms with E-state index in [1.165, 1.54) is 0 Å². The van der Waals surface area contributed by atoms with Crippen molar-refractivity contribution in [2.45, 2.75) is 13.3 Å². The van der Waals surface area contributed by atoms with Crippen molar-refractivity contribution in [1.82, 2.24) is 15.2 Å². The number of aryl methyl sites for hydroxylation is 1. The van der Waals surface area contributed by atoms with Crippen LogP contribution in [0.25, 0.3) is 11.3 Å². The normalized spacial score (nSPS) is 14.4. The highest BCUT2D eigenvalue weighted by Gasteiger charge is 2.19. The van der Waals surface area contributed by atoms with Gasteiger partial charge in [0.05, 0.1) is 17.0 Å². The second-order valence-electron chi connectivity index (χ2n) is 5.24. The summed E-state index contributed by atoms with van der Waals surface area (Å²) in [6, 6.07) is 5.91. The average molecular weight is 374 g/mol. The van der Waals surface area contributed by atoms with Gasteiger partial charge in [-0.2, -0.15) is 11.3 Å². The summed E-state index contributed by atoms with van der Waals surface area (Å²) >= 11 is 1.65. The molecule has 0 bridgehead atoms. The van der Waals surface area contributed by atoms with Crippen molar-refractivity contribution in [1.29, 1.82) is 0 Å². The van der Waals surface area contributed by atoms with Crippen molar-refractivity contribution in [3.05, 3.63) is 40.2 Å². The number of amides is 1. The molecule has 4 nitrogen and oxygen atoms in total. The van der Waals surface area contributed by atoms with Crippen LogP contribution in [0.1, 0.15) is 22.5 Å². The van der Waals surface area contributed by atoms with Crippen LogP contribution in [0.15, 0.2) is 29.0 Å². The van der Waals surface area contributed by atoms with Crippen LogP contribution in [-0.2, 0) is 0 Å². The maximum Gasteiger partial charge on any atom is 0.255 e. The Kier molecular flexibility index (Phi) is 7.99. The first kappa shape index (κ1) is 19.9. The van der Waals surface area contributed by atoms with Crippen molar-refractivity contribution < 1.29 is 4.79 Å². The second-order valence-corrected chi connectivity index (χ2v) is 6.02. The van der Waals surface area contributed by atoms with Gasteiger partial charge in [-0.15, -0.1) is 24.8 Å². The zero-order chi connectivity index (χ0) is 14.7. The van der Waals surface area contributed by atoms with Gasteiger partial charge in [0.25, 0.3) is 5.91 Å². The third kappa shape index (κ3) is 4.67. The van der Waals surface area contributed by atoms with Crippen molar-refractivity contribution in [2.75, 3.05) is 26.2 Å². The number of pyridine rings is 1. The van der Waals surface area contributed by atoms with Crippen molar-refractivity contribution in [3.8, 4) is 11.3 Å². The number of nitrogens with one attached hydrogen (secondary N) is 1. The number of nitrogens with zero attached hydrogens (tertiary/aromatic N) is 2. The molecule has 0 radical (unpaired) electrons. The molecule has 0 atom stereocenters. The van der Waals surface area contributed by atoms with E-state index in [-0.39, 0.29) is 30.7 Å². The van der Waals surface area contributed by atoms with E-state index >= 15 is 0 Å². The van der Waals surface area contributed by atoms with Crippen LogP contribution >= 0.6 is 36.2 Å². The van der Waals surface area contributed by atoms with Crippen molar-refractivity contribution in [3.63, 3.8) is 0 Å². The predicted molar refractivity (Wildman–Crippen MR) is 100 cm³/mol. The molecule has 0 saturated carbocycles. The van der Waals surface area contributed by atoms with Gasteiger partial charge < -0.3 is 10.2 Å². The van der Waals surface area contributed by atoms with E-state index in [9.17, 15) is 4.79 Å². The molecule has 1 aliphatic rings. The van der Waals surface area contributed by atoms with Gasteiger partial charge in [0.15, 0.2) is 0 Å². The zero-order valence-corrected chi connectivity index (χ0v) is 15.4. The fraction of sp³-hybridized carbons (Fsp3) is 0.375. The van der Waals surface area contributed by atoms with E-state index in [0.29, 0.717) is 0 Å². The molecule has 0 spiro atoms. The number of carbonyl (C=O) groups is 1. The van der Waals surface area contributed by atoms with Crippen LogP contribution in [0, 0.1) is 6.92 Å². The van der Waals surface area contributed by atoms with Gasteiger partial charge in [-0.25, -0.2) is 0 Å². The lowest BCUT2D eigenvalue weighted by molar-refractivity contribution is 0.0765. The lowest BCUT2D eigenvalue weighted by atomic mass is 10.1. The first-order valence-electron chi connectivity index (χ1n) is 7.26. The topological polar surface area (TPSA) is 45.2 Å². The van der Waals surface area contributed by atoms with Crippen LogP contribution in [0.5, 0.6) is 0 Å². The van der Waals surface area contributed by atoms with Crippen LogP contribution in [0.4, 0.5) is 0 Å². The Morgan fingerprint density at radius 2 is 2.04 bits per heavy atom. The van der Waals surface area contributed by atoms with Crippen LogP contribution in [-0.4, -0.2) is 42.0 Å². The first-order chi connectivity index (χ1) is 10.3. The molecule has 23 heavy (non-hydrogen) atoms. The van der Waals surface area contributed by atoms with E-state index < -0.39 is 0 Å². The Morgan fingerprint density at radius 1 is 1.22 bits per heavy atom. The Balaban J connectivity index is 0.00000132. The van der Waals surface area contributed by atoms with Crippen molar-refractivity contribution in [2.24, 2.45) is 0 Å². The Morgan fingerprint density at radius 3 is 2.74 bits per heavy atom. The van der Waals surface area contributed by atoms with Gasteiger partial charge >= 0.3 is 0 Å². The third-order valence-electron chi connectivity index (χ3n) is 3.76. The van der Waals surface area contributed by atoms with Gasteiger partial charge in [-0.05, 0) is 43.5 Å². The predicted octanol–water partition coefficient (Wildman–Crippen LogP) is 3.40. The van der Waals surface area contributed by atoms with Crippen molar-refractivity contribution >= 4 is 42.1 Å². The average Bonchev–Trinajstić information content (AvgIpc) is 2.89. The molecule has 1 amide bonds. The summed E-state index contributed by atoms with van der Waals surface area (Å²) in [6.45, 7) is 5.35. The highest BCUT2D eigenvalue weighted by Crippen LogP contribution is 2.22. The maximum absolute atomic E-state index is 12.6. The fourth-order valence-electron chi connectivity index (χ4n) is 2.58. The van der Waals surface area contributed by atoms with Gasteiger partial charge in [0, 0.05) is 30.6 Å². The molecular formula is C16H21Cl2N3OS. The highest BCUT2D eigenvalue weighted by molar-refractivity contribution is 7.08. The molecule has 1 aliphatic heterocycles. The number of halogens is 2. The van der Waals surface area contributed by atoms with Gasteiger partial charge in [0.2, 0.25) is 0 Å². The molecule has 3 heterocycles. The number of aromatic nitrogens is 1. The molecule has 2 aromatic heterocycles. The summed E-state index contributed by atoms with van der Waals surface area (Å²) in [4.78, 5) is 19.2. The first-order valence-corrected chi connectivity index (χ1v) is 8.20. The summed E-state index contributed by atoms with van der Waals surface area (Å²) in [6.07, 6.45) is 1.01. The van der Waals surface area contributed by atoms with Gasteiger partial charge in [0.1, 0.15) is 0 Å². The fourth-order valence-corrected chi connectivity index (χ4v) is 3.23. The third-order valence-corrected chi connectivity index (χ3v) is 4.44. The van der Waals surface area contributed by atoms with E-state index in [1.54, 1.807) is 11.3 Å². The molecule has 2 aromatic rings. The van der Waals surface area contributed by atoms with E-state index in [0.717, 1.165) is 55.1 Å². The summed E-state index contributed by atoms with van der Waals surface area (Å²) in [5.74, 6) is 0.0977. The minimum atomic E-state index is 0. The lowest BCUT2D eigenvalue weighted by Gasteiger charge is -2.20. The summed E-state index contributed by atoms with van der Waals surface area (Å²) in [5.41, 5.74) is 3.57. The Labute approximate surface area is 153 Å². The number of rotatable bonds is 2. The molecular weight excluding hydrogens is 353 g/mol. The molecule has 1 fully saturated rings. The lowest BCUT2D eigenvalue weighted by Crippen LogP contribution is -2.34. The van der Waals surface area contributed by atoms with Crippen LogP contribution < -0.4 is 5.32 Å². The Hall–Kier alpha value is -1.14. The minimum Gasteiger partial charge on any atom is -0.337 e. The van der Waals surface area contributed by atoms with E-state index in [2.05, 4.69) is 21.7 Å². The molecule has 126 valence electrons. The number of carbonyl (C=O) groups excluding carboxylic acids is 1. The summed E-state index contributed by atoms with van der Waals surface area (Å²) < 4.78 is 0. The smallest absolute Gasteiger partial charge is 0.255 e. The quantitative estimate of drug-likeness (QED) is 0.877. The summed E-state index contributed by atoms with van der Waals surface area (Å²) in [7, 11) is 0. The number of thiophene rings is 1. The van der Waals surface area contributed by atoms with E-state index in [4.69, 9.17) is 0 Å². The monoisotopic (exact) mass is 373 g/mol. The molecule has 0 unspecified atom stereocenters. The largest absolute Gasteiger partial charge is 0.337 e. The second kappa shape index (κ2) is 9.23.